The van der Waals surface area contributed by atoms with Crippen molar-refractivity contribution in [1.29, 1.82) is 11.1 Å². The van der Waals surface area contributed by atoms with Crippen LogP contribution < -0.4 is 10.2 Å². The van der Waals surface area contributed by atoms with Gasteiger partial charge in [-0.05, 0) is 86.4 Å². The maximum Gasteiger partial charge on any atom is 0.380 e. The molecule has 1 aliphatic heterocycles. The molecular formula is C30H47N5O9S. The van der Waals surface area contributed by atoms with Crippen molar-refractivity contribution in [2.24, 2.45) is 0 Å². The van der Waals surface area contributed by atoms with Gasteiger partial charge in [-0.15, -0.1) is 0 Å². The summed E-state index contributed by atoms with van der Waals surface area (Å²) in [5, 5.41) is 2.44. The molecule has 0 radical (unpaired) electrons. The molecule has 0 bridgehead atoms. The van der Waals surface area contributed by atoms with Crippen LogP contribution in [-0.2, 0) is 34.0 Å². The Morgan fingerprint density at radius 3 is 1.93 bits per heavy atom. The number of anilines is 1. The first kappa shape index (κ1) is 41.2. The van der Waals surface area contributed by atoms with Crippen molar-refractivity contribution >= 4 is 45.3 Å². The highest BCUT2D eigenvalue weighted by Gasteiger charge is 2.28. The first-order valence-corrected chi connectivity index (χ1v) is 16.0. The molecule has 0 atom stereocenters. The number of nitrogens with zero attached hydrogens (tertiary/aromatic N) is 1. The van der Waals surface area contributed by atoms with Gasteiger partial charge in [-0.3, -0.25) is 24.1 Å². The number of carbonyl (C=O) groups is 5. The molecule has 1 aromatic carbocycles. The highest BCUT2D eigenvalue weighted by atomic mass is 32.2. The third-order valence-electron chi connectivity index (χ3n) is 6.44. The first-order valence-electron chi connectivity index (χ1n) is 14.6. The first-order chi connectivity index (χ1) is 20.8. The van der Waals surface area contributed by atoms with Gasteiger partial charge in [0.15, 0.2) is 0 Å². The van der Waals surface area contributed by atoms with Gasteiger partial charge in [0.05, 0.1) is 23.5 Å². The number of ketones is 1. The predicted octanol–water partition coefficient (Wildman–Crippen LogP) is 2.84. The lowest BCUT2D eigenvalue weighted by molar-refractivity contribution is -0.940. The Kier molecular flexibility index (Phi) is 17.3. The number of Topliss-reactive ketones (excluding diaryl/α,β-unsaturated/α-hetero) is 1. The average molecular weight is 654 g/mol. The Hall–Kier alpha value is -3.82. The van der Waals surface area contributed by atoms with Crippen molar-refractivity contribution in [1.82, 2.24) is 4.90 Å². The standard InChI is InChI=1S/C22H26N2O9S.C8H19N.H2N2/c1-22(2,3)33-21(29)20(28)15-9-8-14(13-16(15)34(30,31)32)23-17(25)7-5-4-6-12-24-18(26)10-11-19(24)27;1-6-9(7(2)3)8(4)5;1-2/h8-11,13H,4-7,12H2,1-3H3,(H,23,25)(H,30,31,32);7-8H,6H2,1-5H3;1-2H. The van der Waals surface area contributed by atoms with Crippen molar-refractivity contribution in [2.75, 3.05) is 18.4 Å². The predicted molar refractivity (Wildman–Crippen MR) is 165 cm³/mol. The van der Waals surface area contributed by atoms with Gasteiger partial charge in [0.25, 0.3) is 17.6 Å². The summed E-state index contributed by atoms with van der Waals surface area (Å²) < 4.78 is 39.9. The van der Waals surface area contributed by atoms with Gasteiger partial charge in [0.1, 0.15) is 15.7 Å². The zero-order chi connectivity index (χ0) is 35.1. The molecule has 252 valence electrons. The molecule has 0 aromatic heterocycles. The van der Waals surface area contributed by atoms with E-state index in [0.29, 0.717) is 19.3 Å². The smallest absolute Gasteiger partial charge is 0.380 e. The van der Waals surface area contributed by atoms with Gasteiger partial charge >= 0.3 is 5.97 Å². The van der Waals surface area contributed by atoms with Crippen LogP contribution in [0.15, 0.2) is 35.2 Å². The summed E-state index contributed by atoms with van der Waals surface area (Å²) in [5.41, 5.74) is 8.30. The Labute approximate surface area is 265 Å². The largest absolute Gasteiger partial charge is 0.744 e. The van der Waals surface area contributed by atoms with Gasteiger partial charge in [-0.2, -0.15) is 0 Å². The lowest BCUT2D eigenvalue weighted by Crippen LogP contribution is -3.17. The Balaban J connectivity index is 0.00000151. The molecule has 15 heteroatoms. The van der Waals surface area contributed by atoms with Crippen LogP contribution in [0, 0.1) is 11.1 Å². The number of hydrogen-bond acceptors (Lipinski definition) is 11. The second-order valence-corrected chi connectivity index (χ2v) is 13.1. The van der Waals surface area contributed by atoms with Gasteiger partial charge in [-0.1, -0.05) is 6.42 Å². The highest BCUT2D eigenvalue weighted by Crippen LogP contribution is 2.23. The summed E-state index contributed by atoms with van der Waals surface area (Å²) in [7, 11) is -5.15. The number of unbranched alkanes of at least 4 members (excludes halogenated alkanes) is 2. The number of hydrogen-bond donors (Lipinski definition) is 4. The van der Waals surface area contributed by atoms with Crippen molar-refractivity contribution in [3.05, 3.63) is 35.9 Å². The molecule has 0 fully saturated rings. The molecule has 4 N–H and O–H groups in total. The lowest BCUT2D eigenvalue weighted by atomic mass is 10.1. The van der Waals surface area contributed by atoms with Crippen LogP contribution in [0.25, 0.3) is 0 Å². The number of nitrogens with one attached hydrogen (secondary N) is 4. The normalized spacial score (nSPS) is 12.9. The van der Waals surface area contributed by atoms with Gasteiger partial charge in [0.2, 0.25) is 5.91 Å². The number of ether oxygens (including phenoxy) is 1. The topological polar surface area (TPSA) is 219 Å². The fourth-order valence-corrected chi connectivity index (χ4v) is 5.22. The highest BCUT2D eigenvalue weighted by molar-refractivity contribution is 7.85. The van der Waals surface area contributed by atoms with E-state index < -0.39 is 43.8 Å². The van der Waals surface area contributed by atoms with E-state index in [0.717, 1.165) is 29.1 Å². The maximum atomic E-state index is 12.3. The van der Waals surface area contributed by atoms with Gasteiger partial charge < -0.3 is 19.5 Å². The van der Waals surface area contributed by atoms with E-state index in [1.54, 1.807) is 4.90 Å². The monoisotopic (exact) mass is 653 g/mol. The van der Waals surface area contributed by atoms with E-state index in [9.17, 15) is 36.9 Å². The van der Waals surface area contributed by atoms with Crippen LogP contribution in [0.4, 0.5) is 5.69 Å². The molecule has 0 unspecified atom stereocenters. The van der Waals surface area contributed by atoms with E-state index in [1.165, 1.54) is 45.5 Å². The second-order valence-electron chi connectivity index (χ2n) is 11.8. The van der Waals surface area contributed by atoms with E-state index in [-0.39, 0.29) is 30.5 Å². The van der Waals surface area contributed by atoms with Crippen LogP contribution in [-0.4, -0.2) is 78.1 Å². The molecule has 1 heterocycles. The number of carbonyl (C=O) groups excluding carboxylic acids is 5. The molecule has 0 aliphatic carbocycles. The summed E-state index contributed by atoms with van der Waals surface area (Å²) in [6, 6.07) is 4.52. The lowest BCUT2D eigenvalue weighted by Gasteiger charge is -2.25. The molecule has 1 aliphatic rings. The Morgan fingerprint density at radius 2 is 1.51 bits per heavy atom. The Morgan fingerprint density at radius 1 is 0.978 bits per heavy atom. The van der Waals surface area contributed by atoms with Crippen molar-refractivity contribution in [3.8, 4) is 0 Å². The molecule has 0 spiro atoms. The summed E-state index contributed by atoms with van der Waals surface area (Å²) in [6.07, 6.45) is 3.92. The number of imide groups is 1. The Bertz CT molecular complexity index is 1310. The quantitative estimate of drug-likeness (QED) is 0.0467. The molecule has 45 heavy (non-hydrogen) atoms. The summed E-state index contributed by atoms with van der Waals surface area (Å²) in [4.78, 5) is 61.3. The minimum atomic E-state index is -5.15. The van der Waals surface area contributed by atoms with Gasteiger partial charge in [-0.25, -0.2) is 24.3 Å². The molecular weight excluding hydrogens is 606 g/mol. The SMILES string of the molecule is CC(C)(C)OC(=O)C(=O)c1ccc(NC(=O)CCCCCN2C(=O)C=CC2=O)cc1S(=O)(=O)[O-].CC[NH+](C(C)C)C(C)C.N=N. The number of esters is 1. The minimum Gasteiger partial charge on any atom is -0.744 e. The van der Waals surface area contributed by atoms with E-state index in [4.69, 9.17) is 15.8 Å². The fourth-order valence-electron chi connectivity index (χ4n) is 4.52. The molecule has 0 saturated carbocycles. The summed E-state index contributed by atoms with van der Waals surface area (Å²) >= 11 is 0. The van der Waals surface area contributed by atoms with Crippen molar-refractivity contribution < 1.29 is 46.6 Å². The maximum absolute atomic E-state index is 12.3. The number of benzene rings is 1. The molecule has 1 aromatic rings. The zero-order valence-corrected chi connectivity index (χ0v) is 28.1. The molecule has 14 nitrogen and oxygen atoms in total. The van der Waals surface area contributed by atoms with Crippen LogP contribution in [0.2, 0.25) is 0 Å². The summed E-state index contributed by atoms with van der Waals surface area (Å²) in [5.74, 6) is -3.84. The zero-order valence-electron chi connectivity index (χ0n) is 27.3. The summed E-state index contributed by atoms with van der Waals surface area (Å²) in [6.45, 7) is 17.4. The van der Waals surface area contributed by atoms with Crippen molar-refractivity contribution in [2.45, 2.75) is 104 Å². The average Bonchev–Trinajstić information content (AvgIpc) is 3.24. The van der Waals surface area contributed by atoms with E-state index in [2.05, 4.69) is 39.9 Å². The van der Waals surface area contributed by atoms with Gasteiger partial charge in [0, 0.05) is 36.4 Å². The third-order valence-corrected chi connectivity index (χ3v) is 7.32. The number of rotatable bonds is 13. The van der Waals surface area contributed by atoms with Crippen LogP contribution >= 0.6 is 0 Å². The van der Waals surface area contributed by atoms with Crippen molar-refractivity contribution in [3.63, 3.8) is 0 Å². The molecule has 3 amide bonds. The van der Waals surface area contributed by atoms with Crippen LogP contribution in [0.5, 0.6) is 0 Å². The van der Waals surface area contributed by atoms with E-state index in [1.807, 2.05) is 0 Å². The molecule has 0 saturated heterocycles. The number of amides is 3. The molecule has 2 rings (SSSR count). The number of quaternary nitrogens is 1. The second kappa shape index (κ2) is 18.9. The minimum absolute atomic E-state index is 0.0421. The van der Waals surface area contributed by atoms with E-state index >= 15 is 0 Å². The fraction of sp³-hybridized carbons (Fsp3) is 0.567. The van der Waals surface area contributed by atoms with Crippen LogP contribution in [0.3, 0.4) is 0 Å². The third kappa shape index (κ3) is 14.7. The van der Waals surface area contributed by atoms with Crippen LogP contribution in [0.1, 0.15) is 91.4 Å².